The molecule has 0 aromatic rings. The van der Waals surface area contributed by atoms with E-state index in [2.05, 4.69) is 38.2 Å². The molecule has 0 aliphatic carbocycles. The Kier molecular flexibility index (Phi) is 3.71. The molecule has 0 bridgehead atoms. The van der Waals surface area contributed by atoms with Crippen molar-refractivity contribution in [1.82, 2.24) is 10.2 Å². The van der Waals surface area contributed by atoms with E-state index in [4.69, 9.17) is 4.74 Å². The fourth-order valence-corrected chi connectivity index (χ4v) is 1.59. The predicted molar refractivity (Wildman–Crippen MR) is 54.9 cm³/mol. The maximum absolute atomic E-state index is 5.20. The van der Waals surface area contributed by atoms with Gasteiger partial charge in [0.15, 0.2) is 0 Å². The van der Waals surface area contributed by atoms with Crippen LogP contribution in [0.2, 0.25) is 0 Å². The first kappa shape index (κ1) is 11.0. The number of nitrogens with one attached hydrogen (secondary N) is 1. The van der Waals surface area contributed by atoms with E-state index in [1.54, 1.807) is 0 Å². The third-order valence-electron chi connectivity index (χ3n) is 2.42. The summed E-state index contributed by atoms with van der Waals surface area (Å²) >= 11 is 0. The Bertz CT molecular complexity index is 155. The van der Waals surface area contributed by atoms with Crippen LogP contribution < -0.4 is 5.32 Å². The van der Waals surface area contributed by atoms with Crippen LogP contribution in [0.4, 0.5) is 0 Å². The summed E-state index contributed by atoms with van der Waals surface area (Å²) in [5, 5.41) is 3.53. The molecule has 0 radical (unpaired) electrons. The standard InChI is InChI=1S/C10H22N2O/c1-9(5-12(3)4)11-6-10(2)7-13-8-10/h9,11H,5-8H2,1-4H3. The van der Waals surface area contributed by atoms with E-state index in [9.17, 15) is 0 Å². The van der Waals surface area contributed by atoms with Crippen molar-refractivity contribution in [2.24, 2.45) is 5.41 Å². The first-order chi connectivity index (χ1) is 6.02. The molecule has 13 heavy (non-hydrogen) atoms. The van der Waals surface area contributed by atoms with Crippen LogP contribution in [0, 0.1) is 5.41 Å². The van der Waals surface area contributed by atoms with Crippen molar-refractivity contribution in [2.45, 2.75) is 19.9 Å². The summed E-state index contributed by atoms with van der Waals surface area (Å²) in [7, 11) is 4.21. The van der Waals surface area contributed by atoms with Gasteiger partial charge in [0.1, 0.15) is 0 Å². The minimum atomic E-state index is 0.389. The minimum Gasteiger partial charge on any atom is -0.380 e. The number of hydrogen-bond donors (Lipinski definition) is 1. The second kappa shape index (κ2) is 4.40. The lowest BCUT2D eigenvalue weighted by Gasteiger charge is -2.39. The van der Waals surface area contributed by atoms with E-state index in [1.165, 1.54) is 0 Å². The summed E-state index contributed by atoms with van der Waals surface area (Å²) in [6, 6.07) is 0.562. The summed E-state index contributed by atoms with van der Waals surface area (Å²) in [5.74, 6) is 0. The Hall–Kier alpha value is -0.120. The van der Waals surface area contributed by atoms with Gasteiger partial charge in [-0.15, -0.1) is 0 Å². The van der Waals surface area contributed by atoms with Gasteiger partial charge in [-0.3, -0.25) is 0 Å². The molecule has 1 aliphatic rings. The van der Waals surface area contributed by atoms with Crippen molar-refractivity contribution in [2.75, 3.05) is 40.4 Å². The van der Waals surface area contributed by atoms with Crippen LogP contribution in [0.1, 0.15) is 13.8 Å². The summed E-state index contributed by atoms with van der Waals surface area (Å²) in [5.41, 5.74) is 0.389. The van der Waals surface area contributed by atoms with E-state index < -0.39 is 0 Å². The highest BCUT2D eigenvalue weighted by molar-refractivity contribution is 4.84. The van der Waals surface area contributed by atoms with Gasteiger partial charge in [-0.25, -0.2) is 0 Å². The lowest BCUT2D eigenvalue weighted by Crippen LogP contribution is -2.50. The van der Waals surface area contributed by atoms with Crippen molar-refractivity contribution < 1.29 is 4.74 Å². The fraction of sp³-hybridized carbons (Fsp3) is 1.00. The van der Waals surface area contributed by atoms with Gasteiger partial charge in [-0.05, 0) is 21.0 Å². The zero-order valence-electron chi connectivity index (χ0n) is 9.26. The van der Waals surface area contributed by atoms with Crippen molar-refractivity contribution in [1.29, 1.82) is 0 Å². The molecule has 1 saturated heterocycles. The molecule has 1 aliphatic heterocycles. The highest BCUT2D eigenvalue weighted by Gasteiger charge is 2.33. The van der Waals surface area contributed by atoms with Gasteiger partial charge in [0.25, 0.3) is 0 Å². The Morgan fingerprint density at radius 2 is 2.08 bits per heavy atom. The van der Waals surface area contributed by atoms with E-state index in [1.807, 2.05) is 0 Å². The molecule has 1 unspecified atom stereocenters. The molecule has 0 aromatic carbocycles. The van der Waals surface area contributed by atoms with E-state index in [-0.39, 0.29) is 0 Å². The molecule has 0 saturated carbocycles. The smallest absolute Gasteiger partial charge is 0.0554 e. The molecular weight excluding hydrogens is 164 g/mol. The number of ether oxygens (including phenoxy) is 1. The van der Waals surface area contributed by atoms with E-state index >= 15 is 0 Å². The van der Waals surface area contributed by atoms with Crippen LogP contribution in [-0.2, 0) is 4.74 Å². The first-order valence-electron chi connectivity index (χ1n) is 4.98. The monoisotopic (exact) mass is 186 g/mol. The van der Waals surface area contributed by atoms with Crippen molar-refractivity contribution in [3.05, 3.63) is 0 Å². The molecule has 1 N–H and O–H groups in total. The molecule has 1 atom stereocenters. The second-order valence-corrected chi connectivity index (χ2v) is 4.85. The molecule has 1 heterocycles. The molecule has 0 spiro atoms. The maximum Gasteiger partial charge on any atom is 0.0554 e. The van der Waals surface area contributed by atoms with Crippen LogP contribution in [-0.4, -0.2) is 51.3 Å². The summed E-state index contributed by atoms with van der Waals surface area (Å²) in [6.45, 7) is 8.48. The third-order valence-corrected chi connectivity index (χ3v) is 2.42. The van der Waals surface area contributed by atoms with Gasteiger partial charge < -0.3 is 15.0 Å². The molecule has 78 valence electrons. The number of hydrogen-bond acceptors (Lipinski definition) is 3. The lowest BCUT2D eigenvalue weighted by molar-refractivity contribution is -0.0999. The average Bonchev–Trinajstić information content (AvgIpc) is 1.96. The number of likely N-dealkylation sites (N-methyl/N-ethyl adjacent to an activating group) is 1. The van der Waals surface area contributed by atoms with E-state index in [0.29, 0.717) is 11.5 Å². The van der Waals surface area contributed by atoms with Crippen LogP contribution in [0.25, 0.3) is 0 Å². The van der Waals surface area contributed by atoms with Crippen LogP contribution in [0.5, 0.6) is 0 Å². The summed E-state index contributed by atoms with van der Waals surface area (Å²) in [6.07, 6.45) is 0. The van der Waals surface area contributed by atoms with Crippen LogP contribution in [0.3, 0.4) is 0 Å². The number of nitrogens with zero attached hydrogens (tertiary/aromatic N) is 1. The predicted octanol–water partition coefficient (Wildman–Crippen LogP) is 0.563. The van der Waals surface area contributed by atoms with Gasteiger partial charge in [-0.1, -0.05) is 6.92 Å². The maximum atomic E-state index is 5.20. The molecule has 1 rings (SSSR count). The van der Waals surface area contributed by atoms with Crippen LogP contribution in [0.15, 0.2) is 0 Å². The van der Waals surface area contributed by atoms with Crippen molar-refractivity contribution in [3.8, 4) is 0 Å². The molecule has 1 fully saturated rings. The lowest BCUT2D eigenvalue weighted by atomic mass is 9.88. The summed E-state index contributed by atoms with van der Waals surface area (Å²) < 4.78 is 5.20. The molecule has 3 heteroatoms. The van der Waals surface area contributed by atoms with Gasteiger partial charge in [0.05, 0.1) is 13.2 Å². The van der Waals surface area contributed by atoms with E-state index in [0.717, 1.165) is 26.3 Å². The van der Waals surface area contributed by atoms with Crippen molar-refractivity contribution >= 4 is 0 Å². The van der Waals surface area contributed by atoms with Gasteiger partial charge >= 0.3 is 0 Å². The topological polar surface area (TPSA) is 24.5 Å². The highest BCUT2D eigenvalue weighted by Crippen LogP contribution is 2.25. The minimum absolute atomic E-state index is 0.389. The normalized spacial score (nSPS) is 22.8. The van der Waals surface area contributed by atoms with Gasteiger partial charge in [0, 0.05) is 24.5 Å². The Labute approximate surface area is 81.4 Å². The van der Waals surface area contributed by atoms with Crippen LogP contribution >= 0.6 is 0 Å². The quantitative estimate of drug-likeness (QED) is 0.679. The van der Waals surface area contributed by atoms with Crippen molar-refractivity contribution in [3.63, 3.8) is 0 Å². The second-order valence-electron chi connectivity index (χ2n) is 4.85. The average molecular weight is 186 g/mol. The SMILES string of the molecule is CC(CN(C)C)NCC1(C)COC1. The highest BCUT2D eigenvalue weighted by atomic mass is 16.5. The Morgan fingerprint density at radius 3 is 2.46 bits per heavy atom. The molecule has 0 aromatic heterocycles. The first-order valence-corrected chi connectivity index (χ1v) is 4.98. The molecule has 0 amide bonds. The van der Waals surface area contributed by atoms with Gasteiger partial charge in [-0.2, -0.15) is 0 Å². The number of rotatable bonds is 5. The summed E-state index contributed by atoms with van der Waals surface area (Å²) in [4.78, 5) is 2.21. The zero-order chi connectivity index (χ0) is 9.90. The fourth-order valence-electron chi connectivity index (χ4n) is 1.59. The van der Waals surface area contributed by atoms with Gasteiger partial charge in [0.2, 0.25) is 0 Å². The zero-order valence-corrected chi connectivity index (χ0v) is 9.26. The molecular formula is C10H22N2O. The Morgan fingerprint density at radius 1 is 1.46 bits per heavy atom. The Balaban J connectivity index is 2.10. The molecule has 3 nitrogen and oxygen atoms in total. The largest absolute Gasteiger partial charge is 0.380 e. The third kappa shape index (κ3) is 3.63.